The van der Waals surface area contributed by atoms with Gasteiger partial charge in [-0.3, -0.25) is 20.4 Å². The van der Waals surface area contributed by atoms with Crippen LogP contribution in [0, 0.1) is 12.8 Å². The number of nitrogens with zero attached hydrogens (tertiary/aromatic N) is 1. The van der Waals surface area contributed by atoms with E-state index in [4.69, 9.17) is 0 Å². The van der Waals surface area contributed by atoms with Crippen molar-refractivity contribution in [2.75, 3.05) is 19.6 Å². The van der Waals surface area contributed by atoms with E-state index in [0.717, 1.165) is 32.5 Å². The van der Waals surface area contributed by atoms with Gasteiger partial charge < -0.3 is 10.2 Å². The van der Waals surface area contributed by atoms with Crippen LogP contribution in [-0.4, -0.2) is 48.4 Å². The van der Waals surface area contributed by atoms with Crippen LogP contribution in [-0.2, 0) is 9.59 Å². The Morgan fingerprint density at radius 3 is 2.65 bits per heavy atom. The number of aryl methyl sites for hydroxylation is 1. The first-order valence-electron chi connectivity index (χ1n) is 9.56. The number of nitrogens with one attached hydrogen (secondary N) is 3. The normalized spacial score (nSPS) is 25.1. The van der Waals surface area contributed by atoms with Crippen LogP contribution >= 0.6 is 0 Å². The monoisotopic (exact) mass is 358 g/mol. The predicted octanol–water partition coefficient (Wildman–Crippen LogP) is 1.32. The molecular formula is C20H30N4O2. The molecule has 0 spiro atoms. The van der Waals surface area contributed by atoms with Crippen LogP contribution in [0.3, 0.4) is 0 Å². The number of carbonyl (C=O) groups is 2. The number of piperidine rings is 1. The SMILES string of the molecule is CC(=O)N[C@@H](C)C(=O)N1CCC(C2NNCC2c2cccc(C)c2)CC1. The summed E-state index contributed by atoms with van der Waals surface area (Å²) in [6, 6.07) is 8.70. The van der Waals surface area contributed by atoms with E-state index < -0.39 is 6.04 Å². The molecule has 2 fully saturated rings. The van der Waals surface area contributed by atoms with Gasteiger partial charge in [-0.25, -0.2) is 0 Å². The average molecular weight is 358 g/mol. The molecule has 2 saturated heterocycles. The minimum Gasteiger partial charge on any atom is -0.345 e. The van der Waals surface area contributed by atoms with E-state index >= 15 is 0 Å². The van der Waals surface area contributed by atoms with Crippen molar-refractivity contribution in [3.8, 4) is 0 Å². The van der Waals surface area contributed by atoms with Gasteiger partial charge in [0.15, 0.2) is 0 Å². The van der Waals surface area contributed by atoms with Crippen molar-refractivity contribution < 1.29 is 9.59 Å². The third-order valence-corrected chi connectivity index (χ3v) is 5.64. The fourth-order valence-corrected chi connectivity index (χ4v) is 4.31. The number of benzene rings is 1. The molecule has 3 N–H and O–H groups in total. The summed E-state index contributed by atoms with van der Waals surface area (Å²) in [6.45, 7) is 7.78. The van der Waals surface area contributed by atoms with Gasteiger partial charge >= 0.3 is 0 Å². The molecule has 1 aromatic rings. The fourth-order valence-electron chi connectivity index (χ4n) is 4.31. The van der Waals surface area contributed by atoms with Crippen molar-refractivity contribution in [3.63, 3.8) is 0 Å². The maximum absolute atomic E-state index is 12.5. The minimum atomic E-state index is -0.449. The molecule has 0 aromatic heterocycles. The first-order chi connectivity index (χ1) is 12.5. The Labute approximate surface area is 155 Å². The zero-order chi connectivity index (χ0) is 18.7. The van der Waals surface area contributed by atoms with Gasteiger partial charge in [-0.15, -0.1) is 0 Å². The highest BCUT2D eigenvalue weighted by atomic mass is 16.2. The topological polar surface area (TPSA) is 73.5 Å². The maximum atomic E-state index is 12.5. The van der Waals surface area contributed by atoms with Gasteiger partial charge in [0.05, 0.1) is 0 Å². The van der Waals surface area contributed by atoms with E-state index in [1.54, 1.807) is 6.92 Å². The molecule has 6 heteroatoms. The molecule has 0 bridgehead atoms. The summed E-state index contributed by atoms with van der Waals surface area (Å²) in [4.78, 5) is 25.5. The molecule has 3 atom stereocenters. The molecule has 142 valence electrons. The van der Waals surface area contributed by atoms with Gasteiger partial charge in [-0.1, -0.05) is 29.8 Å². The quantitative estimate of drug-likeness (QED) is 0.759. The zero-order valence-electron chi connectivity index (χ0n) is 15.9. The second kappa shape index (κ2) is 8.18. The van der Waals surface area contributed by atoms with Gasteiger partial charge in [-0.2, -0.15) is 0 Å². The maximum Gasteiger partial charge on any atom is 0.244 e. The first-order valence-corrected chi connectivity index (χ1v) is 9.56. The minimum absolute atomic E-state index is 0.0198. The van der Waals surface area contributed by atoms with Gasteiger partial charge in [0.25, 0.3) is 0 Å². The van der Waals surface area contributed by atoms with Gasteiger partial charge in [-0.05, 0) is 38.2 Å². The van der Waals surface area contributed by atoms with Gasteiger partial charge in [0.2, 0.25) is 11.8 Å². The number of rotatable bonds is 4. The standard InChI is InChI=1S/C20H30N4O2/c1-13-5-4-6-17(11-13)18-12-21-23-19(18)16-7-9-24(10-8-16)20(26)14(2)22-15(3)25/h4-6,11,14,16,18-19,21,23H,7-10,12H2,1-3H3,(H,22,25)/t14-,18?,19?/m0/s1. The van der Waals surface area contributed by atoms with Crippen LogP contribution in [0.5, 0.6) is 0 Å². The number of hydrazine groups is 1. The molecule has 0 saturated carbocycles. The second-order valence-corrected chi connectivity index (χ2v) is 7.66. The summed E-state index contributed by atoms with van der Waals surface area (Å²) < 4.78 is 0. The van der Waals surface area contributed by atoms with Gasteiger partial charge in [0.1, 0.15) is 6.04 Å². The molecule has 2 aliphatic heterocycles. The lowest BCUT2D eigenvalue weighted by Crippen LogP contribution is -2.51. The van der Waals surface area contributed by atoms with E-state index in [1.165, 1.54) is 18.1 Å². The summed E-state index contributed by atoms with van der Waals surface area (Å²) >= 11 is 0. The van der Waals surface area contributed by atoms with Crippen molar-refractivity contribution in [2.24, 2.45) is 5.92 Å². The van der Waals surface area contributed by atoms with E-state index in [2.05, 4.69) is 47.4 Å². The van der Waals surface area contributed by atoms with Crippen LogP contribution in [0.2, 0.25) is 0 Å². The van der Waals surface area contributed by atoms with Crippen molar-refractivity contribution in [2.45, 2.75) is 51.6 Å². The number of hydrogen-bond donors (Lipinski definition) is 3. The van der Waals surface area contributed by atoms with Crippen LogP contribution in [0.1, 0.15) is 43.7 Å². The first kappa shape index (κ1) is 18.9. The molecule has 0 radical (unpaired) electrons. The third-order valence-electron chi connectivity index (χ3n) is 5.64. The molecule has 2 amide bonds. The number of hydrogen-bond acceptors (Lipinski definition) is 4. The average Bonchev–Trinajstić information content (AvgIpc) is 3.10. The molecule has 0 aliphatic carbocycles. The molecule has 2 aliphatic rings. The molecule has 3 rings (SSSR count). The number of amides is 2. The Bertz CT molecular complexity index is 655. The zero-order valence-corrected chi connectivity index (χ0v) is 15.9. The highest BCUT2D eigenvalue weighted by Crippen LogP contribution is 2.32. The Morgan fingerprint density at radius 2 is 2.00 bits per heavy atom. The van der Waals surface area contributed by atoms with Crippen molar-refractivity contribution >= 4 is 11.8 Å². The van der Waals surface area contributed by atoms with Crippen molar-refractivity contribution in [3.05, 3.63) is 35.4 Å². The van der Waals surface area contributed by atoms with Crippen molar-refractivity contribution in [1.29, 1.82) is 0 Å². The van der Waals surface area contributed by atoms with Crippen molar-refractivity contribution in [1.82, 2.24) is 21.1 Å². The molecule has 2 heterocycles. The second-order valence-electron chi connectivity index (χ2n) is 7.66. The van der Waals surface area contributed by atoms with Crippen LogP contribution in [0.25, 0.3) is 0 Å². The summed E-state index contributed by atoms with van der Waals surface area (Å²) in [5.74, 6) is 0.852. The largest absolute Gasteiger partial charge is 0.345 e. The fraction of sp³-hybridized carbons (Fsp3) is 0.600. The lowest BCUT2D eigenvalue weighted by molar-refractivity contribution is -0.136. The highest BCUT2D eigenvalue weighted by molar-refractivity contribution is 5.86. The predicted molar refractivity (Wildman–Crippen MR) is 101 cm³/mol. The van der Waals surface area contributed by atoms with E-state index in [-0.39, 0.29) is 11.8 Å². The molecular weight excluding hydrogens is 328 g/mol. The van der Waals surface area contributed by atoms with E-state index in [0.29, 0.717) is 17.9 Å². The Morgan fingerprint density at radius 1 is 1.27 bits per heavy atom. The Hall–Kier alpha value is -1.92. The molecule has 26 heavy (non-hydrogen) atoms. The van der Waals surface area contributed by atoms with Gasteiger partial charge in [0, 0.05) is 38.5 Å². The molecule has 6 nitrogen and oxygen atoms in total. The number of likely N-dealkylation sites (tertiary alicyclic amines) is 1. The smallest absolute Gasteiger partial charge is 0.244 e. The van der Waals surface area contributed by atoms with E-state index in [9.17, 15) is 9.59 Å². The van der Waals surface area contributed by atoms with Crippen LogP contribution in [0.4, 0.5) is 0 Å². The summed E-state index contributed by atoms with van der Waals surface area (Å²) in [5.41, 5.74) is 9.48. The summed E-state index contributed by atoms with van der Waals surface area (Å²) in [5, 5.41) is 2.69. The highest BCUT2D eigenvalue weighted by Gasteiger charge is 2.37. The third kappa shape index (κ3) is 4.24. The summed E-state index contributed by atoms with van der Waals surface area (Å²) in [7, 11) is 0. The Balaban J connectivity index is 1.59. The summed E-state index contributed by atoms with van der Waals surface area (Å²) in [6.07, 6.45) is 1.97. The molecule has 2 unspecified atom stereocenters. The van der Waals surface area contributed by atoms with Crippen LogP contribution < -0.4 is 16.2 Å². The Kier molecular flexibility index (Phi) is 5.94. The lowest BCUT2D eigenvalue weighted by Gasteiger charge is -2.37. The number of carbonyl (C=O) groups excluding carboxylic acids is 2. The molecule has 1 aromatic carbocycles. The lowest BCUT2D eigenvalue weighted by atomic mass is 9.80. The van der Waals surface area contributed by atoms with Crippen LogP contribution in [0.15, 0.2) is 24.3 Å². The van der Waals surface area contributed by atoms with E-state index in [1.807, 2.05) is 4.90 Å².